The van der Waals surface area contributed by atoms with Gasteiger partial charge in [-0.25, -0.2) is 0 Å². The highest BCUT2D eigenvalue weighted by Gasteiger charge is 2.20. The van der Waals surface area contributed by atoms with Crippen LogP contribution in [0, 0.1) is 11.8 Å². The van der Waals surface area contributed by atoms with Crippen molar-refractivity contribution in [1.82, 2.24) is 8.43 Å². The third kappa shape index (κ3) is 4.45. The molecule has 0 aromatic carbocycles. The minimum atomic E-state index is 0.883. The first-order valence-corrected chi connectivity index (χ1v) is 6.87. The Morgan fingerprint density at radius 3 is 2.50 bits per heavy atom. The van der Waals surface area contributed by atoms with E-state index in [1.807, 2.05) is 0 Å². The van der Waals surface area contributed by atoms with Crippen molar-refractivity contribution in [1.29, 1.82) is 0 Å². The first kappa shape index (κ1) is 12.7. The van der Waals surface area contributed by atoms with Gasteiger partial charge in [0.25, 0.3) is 0 Å². The number of halogens is 1. The predicted molar refractivity (Wildman–Crippen MR) is 70.6 cm³/mol. The number of piperidine rings is 1. The first-order valence-electron chi connectivity index (χ1n) is 5.80. The molecule has 0 radical (unpaired) electrons. The van der Waals surface area contributed by atoms with Gasteiger partial charge in [-0.2, -0.15) is 0 Å². The van der Waals surface area contributed by atoms with Gasteiger partial charge in [0.1, 0.15) is 0 Å². The van der Waals surface area contributed by atoms with Crippen LogP contribution in [0.15, 0.2) is 0 Å². The second kappa shape index (κ2) is 7.01. The van der Waals surface area contributed by atoms with Gasteiger partial charge in [-0.1, -0.05) is 13.8 Å². The summed E-state index contributed by atoms with van der Waals surface area (Å²) in [6, 6.07) is 0. The molecule has 3 heteroatoms. The van der Waals surface area contributed by atoms with E-state index < -0.39 is 0 Å². The van der Waals surface area contributed by atoms with E-state index in [0.717, 1.165) is 18.4 Å². The summed E-state index contributed by atoms with van der Waals surface area (Å²) in [6.07, 6.45) is 4.11. The Hall–Kier alpha value is 0.650. The lowest BCUT2D eigenvalue weighted by molar-refractivity contribution is 0.157. The Bertz CT molecular complexity index is 142. The van der Waals surface area contributed by atoms with Crippen LogP contribution in [0.4, 0.5) is 0 Å². The number of nitrogens with one attached hydrogen (secondary N) is 1. The molecule has 0 amide bonds. The third-order valence-corrected chi connectivity index (χ3v) is 3.86. The fraction of sp³-hybridized carbons (Fsp3) is 1.00. The van der Waals surface area contributed by atoms with Crippen molar-refractivity contribution < 1.29 is 0 Å². The Kier molecular flexibility index (Phi) is 6.37. The van der Waals surface area contributed by atoms with Crippen molar-refractivity contribution in [2.75, 3.05) is 26.2 Å². The molecular weight excluding hydrogens is 287 g/mol. The van der Waals surface area contributed by atoms with Crippen molar-refractivity contribution in [2.45, 2.75) is 33.1 Å². The van der Waals surface area contributed by atoms with E-state index in [1.54, 1.807) is 0 Å². The van der Waals surface area contributed by atoms with Crippen LogP contribution in [0.3, 0.4) is 0 Å². The average Bonchev–Trinajstić information content (AvgIpc) is 2.19. The lowest BCUT2D eigenvalue weighted by atomic mass is 9.87. The topological polar surface area (TPSA) is 15.3 Å². The summed E-state index contributed by atoms with van der Waals surface area (Å²) in [5.74, 6) is 1.86. The highest BCUT2D eigenvalue weighted by Crippen LogP contribution is 2.24. The van der Waals surface area contributed by atoms with Gasteiger partial charge in [-0.15, -0.1) is 0 Å². The molecule has 1 N–H and O–H groups in total. The third-order valence-electron chi connectivity index (χ3n) is 3.32. The van der Waals surface area contributed by atoms with Crippen molar-refractivity contribution in [3.8, 4) is 0 Å². The maximum atomic E-state index is 3.18. The van der Waals surface area contributed by atoms with Crippen molar-refractivity contribution in [2.24, 2.45) is 11.8 Å². The van der Waals surface area contributed by atoms with Crippen LogP contribution >= 0.6 is 22.9 Å². The Morgan fingerprint density at radius 2 is 2.00 bits per heavy atom. The van der Waals surface area contributed by atoms with Gasteiger partial charge in [0.15, 0.2) is 0 Å². The van der Waals surface area contributed by atoms with Crippen LogP contribution < -0.4 is 3.53 Å². The molecule has 1 saturated heterocycles. The molecule has 1 heterocycles. The van der Waals surface area contributed by atoms with Gasteiger partial charge in [0.05, 0.1) is 0 Å². The summed E-state index contributed by atoms with van der Waals surface area (Å²) in [7, 11) is 0. The number of likely N-dealkylation sites (tertiary alicyclic amines) is 1. The largest absolute Gasteiger partial charge is 0.303 e. The predicted octanol–water partition coefficient (Wildman–Crippen LogP) is 2.68. The molecule has 84 valence electrons. The van der Waals surface area contributed by atoms with E-state index in [1.165, 1.54) is 38.9 Å². The average molecular weight is 310 g/mol. The molecule has 0 aliphatic carbocycles. The summed E-state index contributed by atoms with van der Waals surface area (Å²) < 4.78 is 3.18. The molecule has 1 fully saturated rings. The fourth-order valence-electron chi connectivity index (χ4n) is 2.21. The number of hydrogen-bond donors (Lipinski definition) is 1. The zero-order valence-electron chi connectivity index (χ0n) is 9.43. The zero-order valence-corrected chi connectivity index (χ0v) is 11.6. The van der Waals surface area contributed by atoms with E-state index in [-0.39, 0.29) is 0 Å². The highest BCUT2D eigenvalue weighted by atomic mass is 127. The van der Waals surface area contributed by atoms with E-state index in [9.17, 15) is 0 Å². The molecule has 0 bridgehead atoms. The zero-order chi connectivity index (χ0) is 10.4. The van der Waals surface area contributed by atoms with Gasteiger partial charge in [-0.3, -0.25) is 3.53 Å². The fourth-order valence-corrected chi connectivity index (χ4v) is 2.59. The number of hydrogen-bond acceptors (Lipinski definition) is 2. The van der Waals surface area contributed by atoms with Crippen LogP contribution in [-0.2, 0) is 0 Å². The smallest absolute Gasteiger partial charge is 0.0169 e. The normalized spacial score (nSPS) is 20.6. The van der Waals surface area contributed by atoms with Crippen molar-refractivity contribution >= 4 is 22.9 Å². The Balaban J connectivity index is 2.09. The quantitative estimate of drug-likeness (QED) is 0.477. The van der Waals surface area contributed by atoms with Gasteiger partial charge < -0.3 is 4.90 Å². The molecule has 0 unspecified atom stereocenters. The lowest BCUT2D eigenvalue weighted by Gasteiger charge is -2.33. The van der Waals surface area contributed by atoms with Crippen LogP contribution in [0.25, 0.3) is 0 Å². The molecule has 0 aromatic heterocycles. The molecule has 0 aromatic rings. The molecule has 2 nitrogen and oxygen atoms in total. The Morgan fingerprint density at radius 1 is 1.36 bits per heavy atom. The van der Waals surface area contributed by atoms with Crippen molar-refractivity contribution in [3.05, 3.63) is 0 Å². The lowest BCUT2D eigenvalue weighted by Crippen LogP contribution is -2.36. The van der Waals surface area contributed by atoms with Crippen LogP contribution in [0.1, 0.15) is 33.1 Å². The highest BCUT2D eigenvalue weighted by molar-refractivity contribution is 14.1. The minimum Gasteiger partial charge on any atom is -0.303 e. The molecule has 1 rings (SSSR count). The van der Waals surface area contributed by atoms with Crippen LogP contribution in [-0.4, -0.2) is 31.1 Å². The van der Waals surface area contributed by atoms with E-state index in [0.29, 0.717) is 0 Å². The number of rotatable bonds is 5. The van der Waals surface area contributed by atoms with E-state index in [2.05, 4.69) is 45.1 Å². The van der Waals surface area contributed by atoms with E-state index >= 15 is 0 Å². The maximum Gasteiger partial charge on any atom is 0.0169 e. The van der Waals surface area contributed by atoms with Gasteiger partial charge in [0.2, 0.25) is 0 Å². The van der Waals surface area contributed by atoms with Crippen molar-refractivity contribution in [3.63, 3.8) is 0 Å². The first-order chi connectivity index (χ1) is 6.74. The molecule has 14 heavy (non-hydrogen) atoms. The SMILES string of the molecule is CC(C)C1CCN(CCCNI)CC1. The molecule has 1 aliphatic rings. The minimum absolute atomic E-state index is 0.883. The van der Waals surface area contributed by atoms with Gasteiger partial charge >= 0.3 is 0 Å². The van der Waals surface area contributed by atoms with Gasteiger partial charge in [0, 0.05) is 29.4 Å². The molecule has 0 spiro atoms. The van der Waals surface area contributed by atoms with E-state index in [4.69, 9.17) is 0 Å². The summed E-state index contributed by atoms with van der Waals surface area (Å²) in [5, 5.41) is 0. The molecule has 0 atom stereocenters. The van der Waals surface area contributed by atoms with Crippen LogP contribution in [0.2, 0.25) is 0 Å². The summed E-state index contributed by atoms with van der Waals surface area (Å²) >= 11 is 2.23. The molecular formula is C11H23IN2. The summed E-state index contributed by atoms with van der Waals surface area (Å²) in [5.41, 5.74) is 0. The molecule has 0 saturated carbocycles. The van der Waals surface area contributed by atoms with Crippen LogP contribution in [0.5, 0.6) is 0 Å². The second-order valence-electron chi connectivity index (χ2n) is 4.66. The van der Waals surface area contributed by atoms with Gasteiger partial charge in [-0.05, 0) is 50.7 Å². The Labute approximate surface area is 102 Å². The molecule has 1 aliphatic heterocycles. The standard InChI is InChI=1S/C11H23IN2/c1-10(2)11-4-8-14(9-5-11)7-3-6-13-12/h10-11,13H,3-9H2,1-2H3. The summed E-state index contributed by atoms with van der Waals surface area (Å²) in [4.78, 5) is 2.62. The monoisotopic (exact) mass is 310 g/mol. The maximum absolute atomic E-state index is 3.18. The summed E-state index contributed by atoms with van der Waals surface area (Å²) in [6.45, 7) is 9.79. The second-order valence-corrected chi connectivity index (χ2v) is 5.42. The number of nitrogens with zero attached hydrogens (tertiary/aromatic N) is 1.